The van der Waals surface area contributed by atoms with Crippen LogP contribution >= 0.6 is 11.8 Å². The van der Waals surface area contributed by atoms with Gasteiger partial charge in [-0.05, 0) is 44.0 Å². The molecular formula is C16H21N3O3S. The molecule has 0 aliphatic heterocycles. The van der Waals surface area contributed by atoms with Gasteiger partial charge in [-0.3, -0.25) is 4.79 Å². The average molecular weight is 335 g/mol. The van der Waals surface area contributed by atoms with E-state index in [0.29, 0.717) is 11.0 Å². The first-order chi connectivity index (χ1) is 10.9. The maximum atomic E-state index is 11.2. The maximum absolute atomic E-state index is 11.2. The quantitative estimate of drug-likeness (QED) is 0.597. The van der Waals surface area contributed by atoms with Crippen molar-refractivity contribution in [3.63, 3.8) is 0 Å². The number of benzene rings is 1. The van der Waals surface area contributed by atoms with Crippen molar-refractivity contribution in [3.8, 4) is 5.75 Å². The summed E-state index contributed by atoms with van der Waals surface area (Å²) in [6, 6.07) is 6.08. The van der Waals surface area contributed by atoms with Crippen molar-refractivity contribution in [1.82, 2.24) is 14.8 Å². The van der Waals surface area contributed by atoms with Crippen LogP contribution in [0.1, 0.15) is 30.0 Å². The molecule has 1 aromatic heterocycles. The van der Waals surface area contributed by atoms with Crippen molar-refractivity contribution >= 4 is 17.7 Å². The number of hydrogen-bond acceptors (Lipinski definition) is 6. The number of aryl methyl sites for hydroxylation is 2. The molecule has 0 saturated carbocycles. The van der Waals surface area contributed by atoms with Gasteiger partial charge < -0.3 is 14.0 Å². The molecule has 0 aliphatic carbocycles. The van der Waals surface area contributed by atoms with Crippen LogP contribution in [0.25, 0.3) is 0 Å². The van der Waals surface area contributed by atoms with Gasteiger partial charge in [0.1, 0.15) is 5.75 Å². The van der Waals surface area contributed by atoms with E-state index in [9.17, 15) is 4.79 Å². The lowest BCUT2D eigenvalue weighted by atomic mass is 10.1. The van der Waals surface area contributed by atoms with E-state index in [1.165, 1.54) is 18.9 Å². The molecule has 2 rings (SSSR count). The summed E-state index contributed by atoms with van der Waals surface area (Å²) < 4.78 is 12.4. The Morgan fingerprint density at radius 1 is 1.26 bits per heavy atom. The third-order valence-corrected chi connectivity index (χ3v) is 4.28. The predicted octanol–water partition coefficient (Wildman–Crippen LogP) is 2.84. The van der Waals surface area contributed by atoms with E-state index in [2.05, 4.69) is 21.0 Å². The predicted molar refractivity (Wildman–Crippen MR) is 88.7 cm³/mol. The van der Waals surface area contributed by atoms with Crippen LogP contribution in [0.2, 0.25) is 0 Å². The Morgan fingerprint density at radius 3 is 2.52 bits per heavy atom. The average Bonchev–Trinajstić information content (AvgIpc) is 2.84. The van der Waals surface area contributed by atoms with Gasteiger partial charge in [0.25, 0.3) is 0 Å². The van der Waals surface area contributed by atoms with Crippen molar-refractivity contribution in [3.05, 3.63) is 35.2 Å². The lowest BCUT2D eigenvalue weighted by molar-refractivity contribution is -0.137. The first kappa shape index (κ1) is 17.3. The number of carbonyl (C=O) groups excluding carboxylic acids is 1. The summed E-state index contributed by atoms with van der Waals surface area (Å²) in [6.07, 6.45) is -0.249. The second-order valence-corrected chi connectivity index (χ2v) is 6.29. The second kappa shape index (κ2) is 7.50. The van der Waals surface area contributed by atoms with E-state index in [1.54, 1.807) is 0 Å². The van der Waals surface area contributed by atoms with Gasteiger partial charge in [0, 0.05) is 7.05 Å². The first-order valence-electron chi connectivity index (χ1n) is 7.24. The molecule has 0 fully saturated rings. The van der Waals surface area contributed by atoms with Gasteiger partial charge in [-0.15, -0.1) is 10.2 Å². The fraction of sp³-hybridized carbons (Fsp3) is 0.438. The summed E-state index contributed by atoms with van der Waals surface area (Å²) in [4.78, 5) is 11.2. The zero-order valence-electron chi connectivity index (χ0n) is 14.0. The number of rotatable bonds is 6. The van der Waals surface area contributed by atoms with Crippen LogP contribution in [-0.2, 0) is 16.6 Å². The van der Waals surface area contributed by atoms with Crippen molar-refractivity contribution in [2.75, 3.05) is 12.9 Å². The number of methoxy groups -OCH3 is 1. The van der Waals surface area contributed by atoms with Crippen LogP contribution in [-0.4, -0.2) is 33.6 Å². The Hall–Kier alpha value is -2.02. The van der Waals surface area contributed by atoms with Gasteiger partial charge in [-0.25, -0.2) is 0 Å². The van der Waals surface area contributed by atoms with Crippen molar-refractivity contribution in [2.24, 2.45) is 7.05 Å². The van der Waals surface area contributed by atoms with Gasteiger partial charge in [-0.2, -0.15) is 0 Å². The smallest absolute Gasteiger partial charge is 0.316 e. The minimum atomic E-state index is -0.293. The molecule has 124 valence electrons. The number of esters is 1. The molecule has 6 nitrogen and oxygen atoms in total. The largest absolute Gasteiger partial charge is 0.483 e. The molecule has 0 radical (unpaired) electrons. The number of thioether (sulfide) groups is 1. The Kier molecular flexibility index (Phi) is 5.65. The molecule has 1 atom stereocenters. The summed E-state index contributed by atoms with van der Waals surface area (Å²) in [5.74, 6) is 1.42. The molecule has 0 N–H and O–H groups in total. The molecule has 0 spiro atoms. The van der Waals surface area contributed by atoms with Gasteiger partial charge in [0.15, 0.2) is 17.1 Å². The second-order valence-electron chi connectivity index (χ2n) is 5.35. The normalized spacial score (nSPS) is 12.0. The van der Waals surface area contributed by atoms with Crippen molar-refractivity contribution < 1.29 is 14.3 Å². The molecule has 0 unspecified atom stereocenters. The van der Waals surface area contributed by atoms with Crippen molar-refractivity contribution in [1.29, 1.82) is 0 Å². The van der Waals surface area contributed by atoms with Crippen LogP contribution < -0.4 is 4.74 Å². The number of carbonyl (C=O) groups is 1. The maximum Gasteiger partial charge on any atom is 0.316 e. The molecule has 7 heteroatoms. The standard InChI is InChI=1S/C16H21N3O3S/c1-10-6-11(2)8-13(7-10)22-12(3)15-17-18-16(19(15)4)23-9-14(20)21-5/h6-8,12H,9H2,1-5H3/t12-/m1/s1. The highest BCUT2D eigenvalue weighted by Crippen LogP contribution is 2.25. The topological polar surface area (TPSA) is 66.2 Å². The molecule has 1 heterocycles. The van der Waals surface area contributed by atoms with Crippen LogP contribution in [0.3, 0.4) is 0 Å². The molecule has 1 aromatic carbocycles. The van der Waals surface area contributed by atoms with E-state index in [-0.39, 0.29) is 17.8 Å². The molecule has 0 bridgehead atoms. The molecule has 23 heavy (non-hydrogen) atoms. The number of hydrogen-bond donors (Lipinski definition) is 0. The highest BCUT2D eigenvalue weighted by Gasteiger charge is 2.18. The van der Waals surface area contributed by atoms with E-state index in [4.69, 9.17) is 4.74 Å². The first-order valence-corrected chi connectivity index (χ1v) is 8.23. The molecule has 0 amide bonds. The summed E-state index contributed by atoms with van der Waals surface area (Å²) in [6.45, 7) is 6.00. The van der Waals surface area contributed by atoms with E-state index >= 15 is 0 Å². The van der Waals surface area contributed by atoms with Gasteiger partial charge in [0.05, 0.1) is 12.9 Å². The minimum Gasteiger partial charge on any atom is -0.483 e. The van der Waals surface area contributed by atoms with Gasteiger partial charge >= 0.3 is 5.97 Å². The molecule has 0 saturated heterocycles. The van der Waals surface area contributed by atoms with E-state index in [0.717, 1.165) is 16.9 Å². The number of ether oxygens (including phenoxy) is 2. The summed E-state index contributed by atoms with van der Waals surface area (Å²) >= 11 is 1.29. The zero-order valence-corrected chi connectivity index (χ0v) is 14.8. The minimum absolute atomic E-state index is 0.203. The third kappa shape index (κ3) is 4.48. The SMILES string of the molecule is COC(=O)CSc1nnc([C@@H](C)Oc2cc(C)cc(C)c2)n1C. The van der Waals surface area contributed by atoms with Crippen LogP contribution in [0.5, 0.6) is 5.75 Å². The third-order valence-electron chi connectivity index (χ3n) is 3.29. The zero-order chi connectivity index (χ0) is 17.0. The van der Waals surface area contributed by atoms with Crippen LogP contribution in [0, 0.1) is 13.8 Å². The Balaban J connectivity index is 2.09. The van der Waals surface area contributed by atoms with E-state index in [1.807, 2.05) is 44.5 Å². The van der Waals surface area contributed by atoms with Crippen LogP contribution in [0.4, 0.5) is 0 Å². The highest BCUT2D eigenvalue weighted by molar-refractivity contribution is 7.99. The van der Waals surface area contributed by atoms with Crippen molar-refractivity contribution in [2.45, 2.75) is 32.0 Å². The summed E-state index contributed by atoms with van der Waals surface area (Å²) in [5, 5.41) is 8.94. The monoisotopic (exact) mass is 335 g/mol. The number of aromatic nitrogens is 3. The fourth-order valence-corrected chi connectivity index (χ4v) is 3.00. The number of nitrogens with zero attached hydrogens (tertiary/aromatic N) is 3. The molecular weight excluding hydrogens is 314 g/mol. The Labute approximate surface area is 140 Å². The summed E-state index contributed by atoms with van der Waals surface area (Å²) in [7, 11) is 3.22. The van der Waals surface area contributed by atoms with E-state index < -0.39 is 0 Å². The lowest BCUT2D eigenvalue weighted by Crippen LogP contribution is -2.10. The Morgan fingerprint density at radius 2 is 1.91 bits per heavy atom. The van der Waals surface area contributed by atoms with Crippen LogP contribution in [0.15, 0.2) is 23.4 Å². The van der Waals surface area contributed by atoms with Gasteiger partial charge in [0.2, 0.25) is 0 Å². The lowest BCUT2D eigenvalue weighted by Gasteiger charge is -2.15. The highest BCUT2D eigenvalue weighted by atomic mass is 32.2. The van der Waals surface area contributed by atoms with Gasteiger partial charge in [-0.1, -0.05) is 17.8 Å². The summed E-state index contributed by atoms with van der Waals surface area (Å²) in [5.41, 5.74) is 2.30. The molecule has 0 aliphatic rings. The molecule has 2 aromatic rings. The Bertz CT molecular complexity index is 680. The fourth-order valence-electron chi connectivity index (χ4n) is 2.25.